The van der Waals surface area contributed by atoms with Crippen LogP contribution in [0.3, 0.4) is 0 Å². The highest BCUT2D eigenvalue weighted by Gasteiger charge is 2.72. The van der Waals surface area contributed by atoms with Crippen molar-refractivity contribution in [1.82, 2.24) is 5.32 Å². The molecule has 1 heterocycles. The summed E-state index contributed by atoms with van der Waals surface area (Å²) in [6.45, 7) is 12.2. The van der Waals surface area contributed by atoms with E-state index in [2.05, 4.69) is 26.1 Å². The molecule has 10 nitrogen and oxygen atoms in total. The number of esters is 1. The number of carbonyl (C=O) groups is 2. The van der Waals surface area contributed by atoms with E-state index in [9.17, 15) is 9.59 Å². The van der Waals surface area contributed by atoms with Crippen molar-refractivity contribution in [3.63, 3.8) is 0 Å². The van der Waals surface area contributed by atoms with Crippen LogP contribution in [0.4, 0.5) is 0 Å². The topological polar surface area (TPSA) is 128 Å². The molecule has 2 aromatic rings. The van der Waals surface area contributed by atoms with E-state index in [0.29, 0.717) is 23.0 Å². The molecule has 2 aromatic carbocycles. The molecule has 3 saturated carbocycles. The number of halogens is 1. The highest BCUT2D eigenvalue weighted by Crippen LogP contribution is 2.66. The van der Waals surface area contributed by atoms with Crippen LogP contribution >= 0.6 is 11.6 Å². The fourth-order valence-electron chi connectivity index (χ4n) is 7.65. The summed E-state index contributed by atoms with van der Waals surface area (Å²) in [5.41, 5.74) is 4.55. The van der Waals surface area contributed by atoms with Gasteiger partial charge in [0.15, 0.2) is 11.5 Å². The van der Waals surface area contributed by atoms with Crippen LogP contribution in [0.25, 0.3) is 0 Å². The van der Waals surface area contributed by atoms with E-state index >= 15 is 0 Å². The van der Waals surface area contributed by atoms with Crippen LogP contribution in [0, 0.1) is 22.7 Å². The molecule has 0 radical (unpaired) electrons. The lowest BCUT2D eigenvalue weighted by Crippen LogP contribution is -2.71. The summed E-state index contributed by atoms with van der Waals surface area (Å²) in [7, 11) is 3.48. The number of rotatable bonds is 10. The standard InChI is InChI=1S/C34H46BClN2O8/c1-31(2,3)34(18-44-30(40)20-12-10-11-13-22(20)41-7,35-45-25-17-19-16-24(32(19,4)5)33(25,6)46-35)38-29(39)27(37)21-14-15-23(42-8)28(43-9)26(21)36/h10-15,19,24-25,27H,16-18,37H2,1-9H3,(H,38,39)/t19-,24-,25+,27?,33-,34-/m0/s1. The van der Waals surface area contributed by atoms with Gasteiger partial charge in [-0.25, -0.2) is 4.79 Å². The lowest BCUT2D eigenvalue weighted by molar-refractivity contribution is -0.199. The summed E-state index contributed by atoms with van der Waals surface area (Å²) in [6.07, 6.45) is 1.70. The number of benzene rings is 2. The van der Waals surface area contributed by atoms with E-state index < -0.39 is 41.5 Å². The molecule has 1 saturated heterocycles. The van der Waals surface area contributed by atoms with Crippen molar-refractivity contribution in [2.45, 2.75) is 77.6 Å². The van der Waals surface area contributed by atoms with E-state index in [-0.39, 0.29) is 40.4 Å². The second-order valence-electron chi connectivity index (χ2n) is 14.5. The zero-order valence-corrected chi connectivity index (χ0v) is 28.9. The Morgan fingerprint density at radius 3 is 2.33 bits per heavy atom. The normalized spacial score (nSPS) is 26.6. The number of hydrogen-bond acceptors (Lipinski definition) is 9. The lowest BCUT2D eigenvalue weighted by atomic mass is 9.43. The summed E-state index contributed by atoms with van der Waals surface area (Å²) in [5, 5.41) is 3.32. The Balaban J connectivity index is 1.52. The molecule has 6 atom stereocenters. The maximum Gasteiger partial charge on any atom is 0.489 e. The van der Waals surface area contributed by atoms with Gasteiger partial charge < -0.3 is 39.3 Å². The van der Waals surface area contributed by atoms with Crippen molar-refractivity contribution in [2.24, 2.45) is 28.4 Å². The fourth-order valence-corrected chi connectivity index (χ4v) is 8.00. The number of para-hydroxylation sites is 1. The van der Waals surface area contributed by atoms with Crippen molar-refractivity contribution < 1.29 is 37.8 Å². The average Bonchev–Trinajstić information content (AvgIpc) is 3.38. The third-order valence-electron chi connectivity index (χ3n) is 10.9. The first-order chi connectivity index (χ1) is 21.6. The molecule has 3 aliphatic carbocycles. The molecule has 6 rings (SSSR count). The summed E-state index contributed by atoms with van der Waals surface area (Å²) in [4.78, 5) is 27.7. The van der Waals surface area contributed by atoms with Crippen molar-refractivity contribution in [1.29, 1.82) is 0 Å². The first-order valence-electron chi connectivity index (χ1n) is 15.7. The predicted molar refractivity (Wildman–Crippen MR) is 175 cm³/mol. The number of amides is 1. The van der Waals surface area contributed by atoms with Crippen LogP contribution < -0.4 is 25.3 Å². The Kier molecular flexibility index (Phi) is 9.13. The number of nitrogens with two attached hydrogens (primary N) is 1. The first-order valence-corrected chi connectivity index (χ1v) is 16.0. The number of nitrogens with one attached hydrogen (secondary N) is 1. The van der Waals surface area contributed by atoms with E-state index in [1.54, 1.807) is 36.4 Å². The maximum absolute atomic E-state index is 14.2. The van der Waals surface area contributed by atoms with Crippen LogP contribution in [0.15, 0.2) is 36.4 Å². The monoisotopic (exact) mass is 656 g/mol. The van der Waals surface area contributed by atoms with Gasteiger partial charge in [-0.05, 0) is 60.6 Å². The molecule has 250 valence electrons. The van der Waals surface area contributed by atoms with Gasteiger partial charge in [-0.1, -0.05) is 64.4 Å². The van der Waals surface area contributed by atoms with Gasteiger partial charge in [0.2, 0.25) is 5.91 Å². The van der Waals surface area contributed by atoms with Crippen molar-refractivity contribution in [3.8, 4) is 17.2 Å². The van der Waals surface area contributed by atoms with E-state index in [1.807, 2.05) is 20.8 Å². The van der Waals surface area contributed by atoms with Gasteiger partial charge in [0.1, 0.15) is 29.4 Å². The van der Waals surface area contributed by atoms with Crippen LogP contribution in [-0.2, 0) is 18.8 Å². The maximum atomic E-state index is 14.2. The molecule has 1 amide bonds. The Labute approximate surface area is 277 Å². The summed E-state index contributed by atoms with van der Waals surface area (Å²) < 4.78 is 35.9. The molecule has 0 spiro atoms. The largest absolute Gasteiger partial charge is 0.496 e. The van der Waals surface area contributed by atoms with Crippen LogP contribution in [0.2, 0.25) is 5.02 Å². The lowest BCUT2D eigenvalue weighted by Gasteiger charge is -2.64. The van der Waals surface area contributed by atoms with Gasteiger partial charge in [0, 0.05) is 5.56 Å². The molecule has 2 bridgehead atoms. The SMILES string of the molecule is COc1ccccc1C(=O)OC[C@@](NC(=O)C(N)c1ccc(OC)c(OC)c1Cl)(B1O[C@@H]2C[C@@H]3C[C@@H](C3(C)C)[C@]2(C)O1)C(C)(C)C. The number of carbonyl (C=O) groups excluding carboxylic acids is 2. The summed E-state index contributed by atoms with van der Waals surface area (Å²) in [6, 6.07) is 8.86. The zero-order valence-electron chi connectivity index (χ0n) is 28.2. The Hall–Kier alpha value is -2.99. The highest BCUT2D eigenvalue weighted by atomic mass is 35.5. The third kappa shape index (κ3) is 5.43. The van der Waals surface area contributed by atoms with Gasteiger partial charge in [0.25, 0.3) is 0 Å². The molecule has 4 fully saturated rings. The van der Waals surface area contributed by atoms with E-state index in [0.717, 1.165) is 12.8 Å². The van der Waals surface area contributed by atoms with Gasteiger partial charge in [-0.3, -0.25) is 4.79 Å². The van der Waals surface area contributed by atoms with Crippen molar-refractivity contribution in [3.05, 3.63) is 52.5 Å². The first kappa shape index (κ1) is 34.4. The Morgan fingerprint density at radius 2 is 1.72 bits per heavy atom. The highest BCUT2D eigenvalue weighted by molar-refractivity contribution is 6.50. The van der Waals surface area contributed by atoms with E-state index in [4.69, 9.17) is 45.6 Å². The second kappa shape index (κ2) is 12.2. The molecule has 46 heavy (non-hydrogen) atoms. The quantitative estimate of drug-likeness (QED) is 0.256. The minimum absolute atomic E-state index is 0.0972. The molecule has 12 heteroatoms. The molecule has 1 aliphatic heterocycles. The van der Waals surface area contributed by atoms with E-state index in [1.165, 1.54) is 21.3 Å². The van der Waals surface area contributed by atoms with Gasteiger partial charge in [-0.15, -0.1) is 0 Å². The zero-order chi connectivity index (χ0) is 33.8. The molecule has 3 N–H and O–H groups in total. The molecule has 1 unspecified atom stereocenters. The van der Waals surface area contributed by atoms with Crippen molar-refractivity contribution in [2.75, 3.05) is 27.9 Å². The van der Waals surface area contributed by atoms with Gasteiger partial charge in [-0.2, -0.15) is 0 Å². The summed E-state index contributed by atoms with van der Waals surface area (Å²) in [5.74, 6) is 0.648. The van der Waals surface area contributed by atoms with Crippen LogP contribution in [0.1, 0.15) is 76.3 Å². The number of ether oxygens (including phenoxy) is 4. The van der Waals surface area contributed by atoms with Gasteiger partial charge >= 0.3 is 13.1 Å². The Bertz CT molecular complexity index is 1500. The molecular weight excluding hydrogens is 611 g/mol. The summed E-state index contributed by atoms with van der Waals surface area (Å²) >= 11 is 6.67. The third-order valence-corrected chi connectivity index (χ3v) is 11.3. The van der Waals surface area contributed by atoms with Crippen molar-refractivity contribution >= 4 is 30.6 Å². The van der Waals surface area contributed by atoms with Gasteiger partial charge in [0.05, 0.1) is 38.1 Å². The molecular formula is C34H46BClN2O8. The van der Waals surface area contributed by atoms with Crippen LogP contribution in [-0.4, -0.2) is 64.1 Å². The molecule has 0 aromatic heterocycles. The average molecular weight is 657 g/mol. The number of methoxy groups -OCH3 is 3. The predicted octanol–water partition coefficient (Wildman–Crippen LogP) is 5.39. The minimum atomic E-state index is -1.38. The second-order valence-corrected chi connectivity index (χ2v) is 14.8. The smallest absolute Gasteiger partial charge is 0.489 e. The van der Waals surface area contributed by atoms with Crippen LogP contribution in [0.5, 0.6) is 17.2 Å². The Morgan fingerprint density at radius 1 is 1.04 bits per heavy atom. The molecule has 4 aliphatic rings. The minimum Gasteiger partial charge on any atom is -0.496 e. The fraction of sp³-hybridized carbons (Fsp3) is 0.588. The number of hydrogen-bond donors (Lipinski definition) is 2.